The van der Waals surface area contributed by atoms with E-state index >= 15 is 0 Å². The van der Waals surface area contributed by atoms with Gasteiger partial charge in [0.25, 0.3) is 0 Å². The minimum Gasteiger partial charge on any atom is -0.396 e. The van der Waals surface area contributed by atoms with Gasteiger partial charge in [0.1, 0.15) is 22.4 Å². The minimum absolute atomic E-state index is 0.444. The molecule has 0 fully saturated rings. The van der Waals surface area contributed by atoms with Crippen molar-refractivity contribution in [2.45, 2.75) is 10.1 Å². The molecule has 0 amide bonds. The Bertz CT molecular complexity index is 820. The third-order valence-electron chi connectivity index (χ3n) is 2.71. The van der Waals surface area contributed by atoms with E-state index in [2.05, 4.69) is 15.0 Å². The Balaban J connectivity index is 2.04. The summed E-state index contributed by atoms with van der Waals surface area (Å²) in [4.78, 5) is 12.7. The van der Waals surface area contributed by atoms with Crippen LogP contribution in [0.3, 0.4) is 0 Å². The molecule has 0 saturated heterocycles. The summed E-state index contributed by atoms with van der Waals surface area (Å²) in [7, 11) is 0. The number of pyridine rings is 1. The Morgan fingerprint density at radius 2 is 1.95 bits per heavy atom. The maximum Gasteiger partial charge on any atom is 0.125 e. The number of nitrogen functional groups attached to an aromatic ring is 1. The second-order valence-corrected chi connectivity index (χ2v) is 5.01. The van der Waals surface area contributed by atoms with Crippen molar-refractivity contribution in [3.05, 3.63) is 48.4 Å². The lowest BCUT2D eigenvalue weighted by Crippen LogP contribution is -1.94. The van der Waals surface area contributed by atoms with Gasteiger partial charge in [0, 0.05) is 11.6 Å². The fourth-order valence-electron chi connectivity index (χ4n) is 1.77. The predicted molar refractivity (Wildman–Crippen MR) is 77.0 cm³/mol. The maximum absolute atomic E-state index is 8.81. The first-order chi connectivity index (χ1) is 9.78. The van der Waals surface area contributed by atoms with Gasteiger partial charge in [-0.1, -0.05) is 18.2 Å². The Morgan fingerprint density at radius 3 is 2.75 bits per heavy atom. The monoisotopic (exact) mass is 279 g/mol. The first-order valence-electron chi connectivity index (χ1n) is 5.81. The Labute approximate surface area is 119 Å². The predicted octanol–water partition coefficient (Wildman–Crippen LogP) is 2.63. The molecule has 2 heterocycles. The van der Waals surface area contributed by atoms with Crippen molar-refractivity contribution in [2.75, 3.05) is 5.73 Å². The lowest BCUT2D eigenvalue weighted by molar-refractivity contribution is 1.08. The van der Waals surface area contributed by atoms with E-state index in [0.29, 0.717) is 16.3 Å². The lowest BCUT2D eigenvalue weighted by atomic mass is 10.2. The molecule has 1 aromatic carbocycles. The van der Waals surface area contributed by atoms with Crippen molar-refractivity contribution in [3.63, 3.8) is 0 Å². The van der Waals surface area contributed by atoms with Crippen LogP contribution >= 0.6 is 11.8 Å². The molecular weight excluding hydrogens is 270 g/mol. The molecule has 2 aromatic heterocycles. The van der Waals surface area contributed by atoms with Crippen LogP contribution in [0.4, 0.5) is 5.69 Å². The number of nitrogens with zero attached hydrogens (tertiary/aromatic N) is 4. The summed E-state index contributed by atoms with van der Waals surface area (Å²) in [5.74, 6) is 0. The smallest absolute Gasteiger partial charge is 0.125 e. The highest BCUT2D eigenvalue weighted by Crippen LogP contribution is 2.32. The van der Waals surface area contributed by atoms with Gasteiger partial charge < -0.3 is 5.73 Å². The number of nitrogens with two attached hydrogens (primary N) is 1. The summed E-state index contributed by atoms with van der Waals surface area (Å²) < 4.78 is 0. The summed E-state index contributed by atoms with van der Waals surface area (Å²) in [6.45, 7) is 0. The first kappa shape index (κ1) is 12.4. The van der Waals surface area contributed by atoms with Crippen LogP contribution in [0.15, 0.2) is 52.9 Å². The number of fused-ring (bicyclic) bond motifs is 1. The summed E-state index contributed by atoms with van der Waals surface area (Å²) in [6, 6.07) is 11.4. The van der Waals surface area contributed by atoms with E-state index in [4.69, 9.17) is 11.0 Å². The van der Waals surface area contributed by atoms with Gasteiger partial charge in [-0.3, -0.25) is 0 Å². The number of hydrogen-bond donors (Lipinski definition) is 1. The number of hydrogen-bond acceptors (Lipinski definition) is 6. The van der Waals surface area contributed by atoms with Gasteiger partial charge in [0.2, 0.25) is 0 Å². The average Bonchev–Trinajstić information content (AvgIpc) is 2.49. The van der Waals surface area contributed by atoms with Crippen LogP contribution in [0.2, 0.25) is 0 Å². The third kappa shape index (κ3) is 2.27. The van der Waals surface area contributed by atoms with Gasteiger partial charge in [0.15, 0.2) is 0 Å². The van der Waals surface area contributed by atoms with E-state index in [0.717, 1.165) is 15.9 Å². The third-order valence-corrected chi connectivity index (χ3v) is 3.76. The maximum atomic E-state index is 8.81. The number of rotatable bonds is 2. The normalized spacial score (nSPS) is 10.3. The molecule has 20 heavy (non-hydrogen) atoms. The summed E-state index contributed by atoms with van der Waals surface area (Å²) in [5.41, 5.74) is 7.70. The average molecular weight is 279 g/mol. The van der Waals surface area contributed by atoms with Gasteiger partial charge in [-0.15, -0.1) is 0 Å². The fraction of sp³-hybridized carbons (Fsp3) is 0. The van der Waals surface area contributed by atoms with Crippen molar-refractivity contribution in [2.24, 2.45) is 0 Å². The van der Waals surface area contributed by atoms with Crippen LogP contribution in [0.5, 0.6) is 0 Å². The number of aromatic nitrogens is 3. The Kier molecular flexibility index (Phi) is 3.19. The van der Waals surface area contributed by atoms with Crippen molar-refractivity contribution in [3.8, 4) is 6.07 Å². The highest BCUT2D eigenvalue weighted by molar-refractivity contribution is 7.99. The molecule has 6 heteroatoms. The zero-order valence-electron chi connectivity index (χ0n) is 10.3. The molecule has 0 aliphatic carbocycles. The van der Waals surface area contributed by atoms with Crippen LogP contribution in [-0.2, 0) is 0 Å². The molecule has 0 spiro atoms. The van der Waals surface area contributed by atoms with Gasteiger partial charge in [-0.2, -0.15) is 5.26 Å². The number of para-hydroxylation sites is 1. The molecule has 2 N–H and O–H groups in total. The number of benzene rings is 1. The molecule has 0 radical (unpaired) electrons. The van der Waals surface area contributed by atoms with E-state index in [1.807, 2.05) is 30.3 Å². The molecule has 0 aliphatic rings. The Hall–Kier alpha value is -2.65. The molecule has 0 saturated carbocycles. The van der Waals surface area contributed by atoms with Crippen molar-refractivity contribution >= 4 is 28.4 Å². The van der Waals surface area contributed by atoms with Crippen LogP contribution < -0.4 is 5.73 Å². The van der Waals surface area contributed by atoms with E-state index in [9.17, 15) is 0 Å². The van der Waals surface area contributed by atoms with Crippen molar-refractivity contribution in [1.29, 1.82) is 5.26 Å². The lowest BCUT2D eigenvalue weighted by Gasteiger charge is -2.06. The van der Waals surface area contributed by atoms with Crippen LogP contribution in [-0.4, -0.2) is 15.0 Å². The molecule has 0 bridgehead atoms. The van der Waals surface area contributed by atoms with E-state index in [-0.39, 0.29) is 0 Å². The highest BCUT2D eigenvalue weighted by atomic mass is 32.2. The number of nitriles is 1. The quantitative estimate of drug-likeness (QED) is 0.725. The SMILES string of the molecule is N#Cc1cnc(Sc2ncnc3ccccc23)c(N)c1. The summed E-state index contributed by atoms with van der Waals surface area (Å²) in [6.07, 6.45) is 3.02. The minimum atomic E-state index is 0.444. The zero-order chi connectivity index (χ0) is 13.9. The van der Waals surface area contributed by atoms with Crippen molar-refractivity contribution < 1.29 is 0 Å². The number of anilines is 1. The zero-order valence-corrected chi connectivity index (χ0v) is 11.1. The molecule has 5 nitrogen and oxygen atoms in total. The van der Waals surface area contributed by atoms with E-state index < -0.39 is 0 Å². The van der Waals surface area contributed by atoms with Gasteiger partial charge in [-0.25, -0.2) is 15.0 Å². The van der Waals surface area contributed by atoms with Gasteiger partial charge >= 0.3 is 0 Å². The first-order valence-corrected chi connectivity index (χ1v) is 6.63. The molecule has 96 valence electrons. The highest BCUT2D eigenvalue weighted by Gasteiger charge is 2.09. The summed E-state index contributed by atoms with van der Waals surface area (Å²) in [5, 5.41) is 11.2. The molecule has 3 aromatic rings. The van der Waals surface area contributed by atoms with E-state index in [1.54, 1.807) is 6.07 Å². The van der Waals surface area contributed by atoms with E-state index in [1.165, 1.54) is 24.3 Å². The molecule has 3 rings (SSSR count). The van der Waals surface area contributed by atoms with Crippen LogP contribution in [0, 0.1) is 11.3 Å². The second kappa shape index (κ2) is 5.15. The second-order valence-electron chi connectivity index (χ2n) is 4.03. The van der Waals surface area contributed by atoms with Gasteiger partial charge in [-0.05, 0) is 23.9 Å². The van der Waals surface area contributed by atoms with Crippen LogP contribution in [0.1, 0.15) is 5.56 Å². The molecule has 0 aliphatic heterocycles. The molecular formula is C14H9N5S. The molecule has 0 unspecified atom stereocenters. The standard InChI is InChI=1S/C14H9N5S/c15-6-9-5-11(16)14(17-7-9)20-13-10-3-1-2-4-12(10)18-8-19-13/h1-5,7-8H,16H2. The summed E-state index contributed by atoms with van der Waals surface area (Å²) >= 11 is 1.37. The Morgan fingerprint density at radius 1 is 1.10 bits per heavy atom. The molecule has 0 atom stereocenters. The van der Waals surface area contributed by atoms with Crippen molar-refractivity contribution in [1.82, 2.24) is 15.0 Å². The topological polar surface area (TPSA) is 88.5 Å². The van der Waals surface area contributed by atoms with Gasteiger partial charge in [0.05, 0.1) is 16.8 Å². The van der Waals surface area contributed by atoms with Crippen LogP contribution in [0.25, 0.3) is 10.9 Å². The largest absolute Gasteiger partial charge is 0.396 e. The fourth-order valence-corrected chi connectivity index (χ4v) is 2.62.